The number of rotatable bonds is 7. The van der Waals surface area contributed by atoms with Crippen LogP contribution in [0.25, 0.3) is 0 Å². The molecular formula is C21H25BN2O7S. The van der Waals surface area contributed by atoms with Crippen molar-refractivity contribution in [1.29, 1.82) is 0 Å². The molecule has 32 heavy (non-hydrogen) atoms. The topological polar surface area (TPSA) is 124 Å². The molecule has 1 fully saturated rings. The van der Waals surface area contributed by atoms with E-state index in [4.69, 9.17) is 4.74 Å². The number of hydrogen-bond donors (Lipinski definition) is 2. The van der Waals surface area contributed by atoms with Gasteiger partial charge >= 0.3 is 7.12 Å². The number of ether oxygens (including phenoxy) is 1. The third-order valence-corrected chi connectivity index (χ3v) is 7.27. The maximum Gasteiger partial charge on any atom is 0.489 e. The number of piperazine rings is 1. The fraction of sp³-hybridized carbons (Fsp3) is 0.333. The van der Waals surface area contributed by atoms with Gasteiger partial charge in [0.25, 0.3) is 5.91 Å². The Kier molecular flexibility index (Phi) is 7.35. The average molecular weight is 460 g/mol. The highest BCUT2D eigenvalue weighted by atomic mass is 32.2. The van der Waals surface area contributed by atoms with E-state index in [2.05, 4.69) is 0 Å². The quantitative estimate of drug-likeness (QED) is 0.433. The summed E-state index contributed by atoms with van der Waals surface area (Å²) in [7, 11) is -5.49. The van der Waals surface area contributed by atoms with Crippen molar-refractivity contribution in [3.05, 3.63) is 53.6 Å². The molecule has 1 aliphatic rings. The molecule has 170 valence electrons. The highest BCUT2D eigenvalue weighted by molar-refractivity contribution is 7.89. The van der Waals surface area contributed by atoms with Crippen LogP contribution in [0.15, 0.2) is 47.4 Å². The lowest BCUT2D eigenvalue weighted by atomic mass is 9.77. The smallest absolute Gasteiger partial charge is 0.480 e. The second kappa shape index (κ2) is 9.82. The van der Waals surface area contributed by atoms with Crippen molar-refractivity contribution in [3.8, 4) is 5.75 Å². The number of hydrogen-bond acceptors (Lipinski definition) is 7. The van der Waals surface area contributed by atoms with Gasteiger partial charge in [-0.15, -0.1) is 0 Å². The summed E-state index contributed by atoms with van der Waals surface area (Å²) in [6.45, 7) is 4.11. The Hall–Kier alpha value is -2.73. The van der Waals surface area contributed by atoms with E-state index in [1.165, 1.54) is 34.3 Å². The van der Waals surface area contributed by atoms with E-state index in [0.29, 0.717) is 6.29 Å². The fourth-order valence-electron chi connectivity index (χ4n) is 3.52. The van der Waals surface area contributed by atoms with Crippen LogP contribution in [0.1, 0.15) is 22.8 Å². The van der Waals surface area contributed by atoms with Crippen molar-refractivity contribution in [2.75, 3.05) is 26.2 Å². The first-order chi connectivity index (χ1) is 15.1. The minimum atomic E-state index is -3.64. The van der Waals surface area contributed by atoms with Gasteiger partial charge in [0.15, 0.2) is 12.4 Å². The Morgan fingerprint density at radius 1 is 1.09 bits per heavy atom. The summed E-state index contributed by atoms with van der Waals surface area (Å²) < 4.78 is 32.7. The summed E-state index contributed by atoms with van der Waals surface area (Å²) in [5, 5.41) is 18.8. The largest absolute Gasteiger partial charge is 0.489 e. The van der Waals surface area contributed by atoms with Gasteiger partial charge in [-0.25, -0.2) is 8.42 Å². The van der Waals surface area contributed by atoms with Gasteiger partial charge in [-0.1, -0.05) is 29.8 Å². The summed E-state index contributed by atoms with van der Waals surface area (Å²) in [5.41, 5.74) is 0.897. The van der Waals surface area contributed by atoms with Crippen molar-refractivity contribution < 1.29 is 32.8 Å². The maximum absolute atomic E-state index is 12.8. The van der Waals surface area contributed by atoms with Gasteiger partial charge in [0.05, 0.1) is 10.5 Å². The molecule has 0 radical (unpaired) electrons. The lowest BCUT2D eigenvalue weighted by Gasteiger charge is -2.35. The third-order valence-electron chi connectivity index (χ3n) is 5.36. The van der Waals surface area contributed by atoms with Crippen molar-refractivity contribution in [2.45, 2.75) is 24.8 Å². The van der Waals surface area contributed by atoms with Crippen LogP contribution in [0.4, 0.5) is 0 Å². The van der Waals surface area contributed by atoms with Crippen LogP contribution in [0.5, 0.6) is 5.75 Å². The van der Waals surface area contributed by atoms with E-state index in [1.807, 2.05) is 6.92 Å². The van der Waals surface area contributed by atoms with Crippen LogP contribution in [-0.4, -0.2) is 79.3 Å². The van der Waals surface area contributed by atoms with Gasteiger partial charge in [0, 0.05) is 26.2 Å². The second-order valence-electron chi connectivity index (χ2n) is 7.55. The van der Waals surface area contributed by atoms with Gasteiger partial charge in [-0.3, -0.25) is 9.59 Å². The highest BCUT2D eigenvalue weighted by Crippen LogP contribution is 2.20. The van der Waals surface area contributed by atoms with Crippen LogP contribution >= 0.6 is 0 Å². The molecule has 1 unspecified atom stereocenters. The number of amides is 1. The van der Waals surface area contributed by atoms with Crippen LogP contribution in [0, 0.1) is 6.92 Å². The number of aldehydes is 1. The van der Waals surface area contributed by atoms with Crippen LogP contribution in [-0.2, 0) is 14.8 Å². The molecule has 0 bridgehead atoms. The Labute approximate surface area is 187 Å². The summed E-state index contributed by atoms with van der Waals surface area (Å²) in [5.74, 6) is -0.295. The molecule has 2 N–H and O–H groups in total. The standard InChI is InChI=1S/C21H25BN2O7S/c1-15-6-8-17(9-7-15)32(29,30)24-12-10-23(11-13-24)21(26)16(2)31-20-5-3-4-19(22(27)28)18(20)14-25/h3-9,14,16,27-28H,10-13H2,1-2H3. The van der Waals surface area contributed by atoms with Gasteiger partial charge in [0.1, 0.15) is 5.75 Å². The van der Waals surface area contributed by atoms with Crippen LogP contribution in [0.3, 0.4) is 0 Å². The van der Waals surface area contributed by atoms with Gasteiger partial charge in [0.2, 0.25) is 10.0 Å². The normalized spacial score (nSPS) is 15.8. The minimum Gasteiger partial charge on any atom is -0.480 e. The monoisotopic (exact) mass is 460 g/mol. The first-order valence-corrected chi connectivity index (χ1v) is 11.6. The van der Waals surface area contributed by atoms with Gasteiger partial charge < -0.3 is 19.7 Å². The predicted octanol–water partition coefficient (Wildman–Crippen LogP) is -0.212. The Bertz CT molecular complexity index is 1080. The molecule has 0 aromatic heterocycles. The number of carbonyl (C=O) groups excluding carboxylic acids is 2. The van der Waals surface area contributed by atoms with Crippen molar-refractivity contribution in [1.82, 2.24) is 9.21 Å². The predicted molar refractivity (Wildman–Crippen MR) is 118 cm³/mol. The zero-order chi connectivity index (χ0) is 23.5. The molecule has 2 aromatic rings. The molecule has 3 rings (SSSR count). The molecular weight excluding hydrogens is 435 g/mol. The van der Waals surface area contributed by atoms with Crippen LogP contribution in [0.2, 0.25) is 0 Å². The molecule has 2 aromatic carbocycles. The maximum atomic E-state index is 12.8. The molecule has 1 aliphatic heterocycles. The molecule has 1 saturated heterocycles. The third kappa shape index (κ3) is 5.02. The molecule has 0 spiro atoms. The average Bonchev–Trinajstić information content (AvgIpc) is 2.78. The molecule has 0 saturated carbocycles. The molecule has 1 atom stereocenters. The summed E-state index contributed by atoms with van der Waals surface area (Å²) in [6, 6.07) is 10.9. The van der Waals surface area contributed by atoms with Crippen molar-refractivity contribution in [3.63, 3.8) is 0 Å². The fourth-order valence-corrected chi connectivity index (χ4v) is 4.94. The van der Waals surface area contributed by atoms with Gasteiger partial charge in [-0.2, -0.15) is 4.31 Å². The number of aryl methyl sites for hydroxylation is 1. The number of carbonyl (C=O) groups is 2. The van der Waals surface area contributed by atoms with Crippen molar-refractivity contribution >= 4 is 34.8 Å². The first kappa shape index (κ1) is 23.9. The Morgan fingerprint density at radius 3 is 2.28 bits per heavy atom. The van der Waals surface area contributed by atoms with E-state index >= 15 is 0 Å². The summed E-state index contributed by atoms with van der Waals surface area (Å²) in [6.07, 6.45) is -0.518. The second-order valence-corrected chi connectivity index (χ2v) is 9.49. The zero-order valence-corrected chi connectivity index (χ0v) is 18.7. The van der Waals surface area contributed by atoms with E-state index < -0.39 is 23.2 Å². The number of nitrogens with zero attached hydrogens (tertiary/aromatic N) is 2. The first-order valence-electron chi connectivity index (χ1n) is 10.1. The lowest BCUT2D eigenvalue weighted by molar-refractivity contribution is -0.139. The minimum absolute atomic E-state index is 0.0212. The van der Waals surface area contributed by atoms with E-state index in [0.717, 1.165) is 5.56 Å². The van der Waals surface area contributed by atoms with Gasteiger partial charge in [-0.05, 0) is 37.5 Å². The number of sulfonamides is 1. The molecule has 1 heterocycles. The van der Waals surface area contributed by atoms with Crippen LogP contribution < -0.4 is 10.2 Å². The van der Waals surface area contributed by atoms with E-state index in [1.54, 1.807) is 24.3 Å². The van der Waals surface area contributed by atoms with E-state index in [9.17, 15) is 28.1 Å². The summed E-state index contributed by atoms with van der Waals surface area (Å²) >= 11 is 0. The SMILES string of the molecule is Cc1ccc(S(=O)(=O)N2CCN(C(=O)C(C)Oc3cccc(B(O)O)c3C=O)CC2)cc1. The highest BCUT2D eigenvalue weighted by Gasteiger charge is 2.32. The Balaban J connectivity index is 1.65. The zero-order valence-electron chi connectivity index (χ0n) is 17.8. The molecule has 9 nitrogen and oxygen atoms in total. The van der Waals surface area contributed by atoms with E-state index in [-0.39, 0.29) is 53.8 Å². The lowest BCUT2D eigenvalue weighted by Crippen LogP contribution is -2.53. The Morgan fingerprint density at radius 2 is 1.72 bits per heavy atom. The molecule has 1 amide bonds. The summed E-state index contributed by atoms with van der Waals surface area (Å²) in [4.78, 5) is 26.0. The number of benzene rings is 2. The van der Waals surface area contributed by atoms with Crippen molar-refractivity contribution in [2.24, 2.45) is 0 Å². The molecule has 11 heteroatoms. The molecule has 0 aliphatic carbocycles.